The van der Waals surface area contributed by atoms with E-state index in [2.05, 4.69) is 25.3 Å². The molecule has 0 aliphatic carbocycles. The number of aromatic nitrogens is 2. The van der Waals surface area contributed by atoms with Crippen molar-refractivity contribution in [3.05, 3.63) is 42.7 Å². The number of sulfonamides is 1. The molecule has 1 amide bonds. The molecule has 0 fully saturated rings. The van der Waals surface area contributed by atoms with Crippen molar-refractivity contribution < 1.29 is 13.2 Å². The molecule has 2 rings (SSSR count). The second-order valence-electron chi connectivity index (χ2n) is 4.34. The molecule has 120 valence electrons. The van der Waals surface area contributed by atoms with E-state index in [1.807, 2.05) is 0 Å². The van der Waals surface area contributed by atoms with E-state index in [-0.39, 0.29) is 21.9 Å². The summed E-state index contributed by atoms with van der Waals surface area (Å²) in [4.78, 5) is 18.5. The predicted octanol–water partition coefficient (Wildman–Crippen LogP) is 1.11. The van der Waals surface area contributed by atoms with Crippen LogP contribution in [0.1, 0.15) is 6.92 Å². The summed E-state index contributed by atoms with van der Waals surface area (Å²) in [5.74, 6) is -0.310. The van der Waals surface area contributed by atoms with Gasteiger partial charge in [-0.2, -0.15) is 0 Å². The molecule has 0 spiro atoms. The molecule has 23 heavy (non-hydrogen) atoms. The van der Waals surface area contributed by atoms with Gasteiger partial charge in [0.1, 0.15) is 0 Å². The van der Waals surface area contributed by atoms with Crippen molar-refractivity contribution in [1.82, 2.24) is 15.3 Å². The number of amides is 1. The Kier molecular flexibility index (Phi) is 5.19. The van der Waals surface area contributed by atoms with Crippen molar-refractivity contribution in [2.75, 3.05) is 10.0 Å². The third-order valence-electron chi connectivity index (χ3n) is 2.50. The summed E-state index contributed by atoms with van der Waals surface area (Å²) in [5.41, 5.74) is 0.540. The molecule has 0 aliphatic heterocycles. The minimum absolute atomic E-state index is 0.0125. The molecule has 10 heteroatoms. The second-order valence-corrected chi connectivity index (χ2v) is 6.43. The van der Waals surface area contributed by atoms with E-state index in [4.69, 9.17) is 12.2 Å². The van der Waals surface area contributed by atoms with Gasteiger partial charge in [0, 0.05) is 25.0 Å². The Labute approximate surface area is 138 Å². The molecule has 0 bridgehead atoms. The smallest absolute Gasteiger partial charge is 0.264 e. The molecule has 0 radical (unpaired) electrons. The normalized spacial score (nSPS) is 10.7. The summed E-state index contributed by atoms with van der Waals surface area (Å²) in [6.45, 7) is 1.33. The molecule has 0 aliphatic rings. The molecule has 3 N–H and O–H groups in total. The molecular formula is C13H13N5O3S2. The van der Waals surface area contributed by atoms with Gasteiger partial charge in [0.2, 0.25) is 11.9 Å². The van der Waals surface area contributed by atoms with E-state index < -0.39 is 10.0 Å². The highest BCUT2D eigenvalue weighted by molar-refractivity contribution is 7.92. The number of anilines is 2. The van der Waals surface area contributed by atoms with Crippen LogP contribution in [-0.4, -0.2) is 29.4 Å². The third kappa shape index (κ3) is 4.97. The fourth-order valence-electron chi connectivity index (χ4n) is 1.57. The number of carbonyl (C=O) groups is 1. The minimum Gasteiger partial charge on any atom is -0.332 e. The van der Waals surface area contributed by atoms with Gasteiger partial charge in [0.15, 0.2) is 5.11 Å². The maximum Gasteiger partial charge on any atom is 0.264 e. The predicted molar refractivity (Wildman–Crippen MR) is 89.3 cm³/mol. The molecule has 1 heterocycles. The van der Waals surface area contributed by atoms with Gasteiger partial charge in [-0.1, -0.05) is 0 Å². The van der Waals surface area contributed by atoms with E-state index in [1.54, 1.807) is 6.07 Å². The van der Waals surface area contributed by atoms with Crippen LogP contribution in [0.4, 0.5) is 11.6 Å². The fraction of sp³-hybridized carbons (Fsp3) is 0.0769. The van der Waals surface area contributed by atoms with Crippen LogP contribution < -0.4 is 15.4 Å². The first-order valence-electron chi connectivity index (χ1n) is 6.35. The lowest BCUT2D eigenvalue weighted by Gasteiger charge is -2.09. The first kappa shape index (κ1) is 16.8. The first-order chi connectivity index (χ1) is 10.9. The van der Waals surface area contributed by atoms with Crippen LogP contribution in [-0.2, 0) is 14.8 Å². The van der Waals surface area contributed by atoms with Gasteiger partial charge in [-0.05, 0) is 42.5 Å². The van der Waals surface area contributed by atoms with Crippen LogP contribution in [0.3, 0.4) is 0 Å². The molecule has 0 saturated carbocycles. The average Bonchev–Trinajstić information content (AvgIpc) is 2.47. The monoisotopic (exact) mass is 351 g/mol. The average molecular weight is 351 g/mol. The number of thiocarbonyl (C=S) groups is 1. The quantitative estimate of drug-likeness (QED) is 0.707. The zero-order chi connectivity index (χ0) is 16.9. The van der Waals surface area contributed by atoms with Gasteiger partial charge in [-0.3, -0.25) is 4.79 Å². The summed E-state index contributed by atoms with van der Waals surface area (Å²) in [7, 11) is -3.78. The maximum absolute atomic E-state index is 12.2. The Bertz CT molecular complexity index is 807. The van der Waals surface area contributed by atoms with Crippen LogP contribution in [0.2, 0.25) is 0 Å². The van der Waals surface area contributed by atoms with E-state index in [1.165, 1.54) is 43.6 Å². The van der Waals surface area contributed by atoms with Crippen LogP contribution in [0.25, 0.3) is 0 Å². The molecule has 2 aromatic rings. The minimum atomic E-state index is -3.78. The van der Waals surface area contributed by atoms with Crippen molar-refractivity contribution in [3.63, 3.8) is 0 Å². The molecular weight excluding hydrogens is 338 g/mol. The number of hydrogen-bond acceptors (Lipinski definition) is 6. The van der Waals surface area contributed by atoms with Gasteiger partial charge >= 0.3 is 0 Å². The van der Waals surface area contributed by atoms with Crippen LogP contribution in [0.5, 0.6) is 0 Å². The molecule has 1 aromatic carbocycles. The van der Waals surface area contributed by atoms with Crippen LogP contribution >= 0.6 is 12.2 Å². The van der Waals surface area contributed by atoms with E-state index in [0.29, 0.717) is 5.69 Å². The topological polar surface area (TPSA) is 113 Å². The van der Waals surface area contributed by atoms with Gasteiger partial charge in [0.25, 0.3) is 10.0 Å². The zero-order valence-corrected chi connectivity index (χ0v) is 13.6. The lowest BCUT2D eigenvalue weighted by Crippen LogP contribution is -2.32. The summed E-state index contributed by atoms with van der Waals surface area (Å²) >= 11 is 4.92. The van der Waals surface area contributed by atoms with Crippen molar-refractivity contribution in [1.29, 1.82) is 0 Å². The SMILES string of the molecule is CC(=O)NC(=S)Nc1ccc(S(=O)(=O)Nc2ncccn2)cc1. The number of benzene rings is 1. The lowest BCUT2D eigenvalue weighted by molar-refractivity contribution is -0.117. The van der Waals surface area contributed by atoms with E-state index >= 15 is 0 Å². The standard InChI is InChI=1S/C13H13N5O3S2/c1-9(19)16-13(22)17-10-3-5-11(6-4-10)23(20,21)18-12-14-7-2-8-15-12/h2-8H,1H3,(H,14,15,18)(H2,16,17,19,22). The Morgan fingerprint density at radius 3 is 2.30 bits per heavy atom. The summed E-state index contributed by atoms with van der Waals surface area (Å²) < 4.78 is 26.6. The fourth-order valence-corrected chi connectivity index (χ4v) is 2.79. The third-order valence-corrected chi connectivity index (χ3v) is 4.05. The molecule has 1 aromatic heterocycles. The van der Waals surface area contributed by atoms with E-state index in [9.17, 15) is 13.2 Å². The number of rotatable bonds is 4. The summed E-state index contributed by atoms with van der Waals surface area (Å²) in [6, 6.07) is 7.41. The highest BCUT2D eigenvalue weighted by Gasteiger charge is 2.15. The molecule has 0 unspecified atom stereocenters. The number of nitrogens with zero attached hydrogens (tertiary/aromatic N) is 2. The summed E-state index contributed by atoms with van der Waals surface area (Å²) in [6.07, 6.45) is 2.86. The Morgan fingerprint density at radius 1 is 1.13 bits per heavy atom. The largest absolute Gasteiger partial charge is 0.332 e. The highest BCUT2D eigenvalue weighted by atomic mass is 32.2. The Morgan fingerprint density at radius 2 is 1.74 bits per heavy atom. The Hall–Kier alpha value is -2.59. The number of carbonyl (C=O) groups excluding carboxylic acids is 1. The van der Waals surface area contributed by atoms with Crippen LogP contribution in [0, 0.1) is 0 Å². The van der Waals surface area contributed by atoms with Gasteiger partial charge < -0.3 is 10.6 Å². The Balaban J connectivity index is 2.09. The van der Waals surface area contributed by atoms with Gasteiger partial charge in [-0.25, -0.2) is 23.1 Å². The highest BCUT2D eigenvalue weighted by Crippen LogP contribution is 2.16. The zero-order valence-electron chi connectivity index (χ0n) is 12.0. The van der Waals surface area contributed by atoms with Crippen molar-refractivity contribution in [2.45, 2.75) is 11.8 Å². The van der Waals surface area contributed by atoms with Crippen molar-refractivity contribution in [3.8, 4) is 0 Å². The second kappa shape index (κ2) is 7.11. The maximum atomic E-state index is 12.2. The van der Waals surface area contributed by atoms with Crippen molar-refractivity contribution >= 4 is 44.9 Å². The summed E-state index contributed by atoms with van der Waals surface area (Å²) in [5, 5.41) is 5.29. The van der Waals surface area contributed by atoms with Gasteiger partial charge in [-0.15, -0.1) is 0 Å². The first-order valence-corrected chi connectivity index (χ1v) is 8.24. The molecule has 0 atom stereocenters. The van der Waals surface area contributed by atoms with E-state index in [0.717, 1.165) is 0 Å². The number of nitrogens with one attached hydrogen (secondary N) is 3. The molecule has 0 saturated heterocycles. The van der Waals surface area contributed by atoms with Crippen LogP contribution in [0.15, 0.2) is 47.6 Å². The van der Waals surface area contributed by atoms with Crippen molar-refractivity contribution in [2.24, 2.45) is 0 Å². The van der Waals surface area contributed by atoms with Gasteiger partial charge in [0.05, 0.1) is 4.90 Å². The lowest BCUT2D eigenvalue weighted by atomic mass is 10.3. The number of hydrogen-bond donors (Lipinski definition) is 3. The molecule has 8 nitrogen and oxygen atoms in total.